The molecule has 9 heteroatoms. The third-order valence-electron chi connectivity index (χ3n) is 6.07. The van der Waals surface area contributed by atoms with E-state index in [-0.39, 0.29) is 36.0 Å². The van der Waals surface area contributed by atoms with Crippen molar-refractivity contribution in [1.29, 1.82) is 0 Å². The molecule has 0 aromatic heterocycles. The van der Waals surface area contributed by atoms with Crippen LogP contribution in [0.5, 0.6) is 11.5 Å². The highest BCUT2D eigenvalue weighted by molar-refractivity contribution is 6.30. The fourth-order valence-corrected chi connectivity index (χ4v) is 4.19. The number of piperidine rings is 2. The highest BCUT2D eigenvalue weighted by Gasteiger charge is 2.35. The molecule has 0 spiro atoms. The van der Waals surface area contributed by atoms with Gasteiger partial charge >= 0.3 is 0 Å². The van der Waals surface area contributed by atoms with E-state index in [0.29, 0.717) is 37.2 Å². The van der Waals surface area contributed by atoms with Gasteiger partial charge in [0.25, 0.3) is 5.91 Å². The SMILES string of the molecule is Cl.O=C(c1ccc(OC2CCNCC2)cc1)N1CCC(O)(COc2ccc(F)c(Cl)c2)CC1. The van der Waals surface area contributed by atoms with E-state index in [1.54, 1.807) is 17.0 Å². The fraction of sp³-hybridized carbons (Fsp3) is 0.458. The Morgan fingerprint density at radius 2 is 1.76 bits per heavy atom. The van der Waals surface area contributed by atoms with Crippen LogP contribution in [0, 0.1) is 5.82 Å². The summed E-state index contributed by atoms with van der Waals surface area (Å²) < 4.78 is 24.9. The lowest BCUT2D eigenvalue weighted by atomic mass is 9.92. The van der Waals surface area contributed by atoms with E-state index in [9.17, 15) is 14.3 Å². The molecule has 0 aliphatic carbocycles. The first-order chi connectivity index (χ1) is 15.4. The van der Waals surface area contributed by atoms with Crippen molar-refractivity contribution < 1.29 is 23.8 Å². The van der Waals surface area contributed by atoms with Crippen LogP contribution in [0.2, 0.25) is 5.02 Å². The van der Waals surface area contributed by atoms with Crippen LogP contribution >= 0.6 is 24.0 Å². The summed E-state index contributed by atoms with van der Waals surface area (Å²) in [5.41, 5.74) is -0.449. The summed E-state index contributed by atoms with van der Waals surface area (Å²) in [4.78, 5) is 14.6. The van der Waals surface area contributed by atoms with E-state index < -0.39 is 11.4 Å². The van der Waals surface area contributed by atoms with Gasteiger partial charge in [-0.1, -0.05) is 11.6 Å². The monoisotopic (exact) mass is 498 g/mol. The van der Waals surface area contributed by atoms with Crippen molar-refractivity contribution in [2.24, 2.45) is 0 Å². The molecule has 2 aromatic rings. The number of rotatable bonds is 6. The standard InChI is InChI=1S/C24H28ClFN2O4.ClH/c25-21-15-20(5-6-22(21)26)31-16-24(30)9-13-28(14-10-24)23(29)17-1-3-18(4-2-17)32-19-7-11-27-12-8-19;/h1-6,15,19,27,30H,7-14,16H2;1H. The van der Waals surface area contributed by atoms with Crippen LogP contribution in [0.15, 0.2) is 42.5 Å². The molecule has 2 aromatic carbocycles. The molecule has 2 aliphatic rings. The predicted octanol–water partition coefficient (Wildman–Crippen LogP) is 4.08. The van der Waals surface area contributed by atoms with Gasteiger partial charge in [-0.15, -0.1) is 12.4 Å². The van der Waals surface area contributed by atoms with Crippen LogP contribution in [-0.2, 0) is 0 Å². The minimum absolute atomic E-state index is 0. The summed E-state index contributed by atoms with van der Waals surface area (Å²) in [5.74, 6) is 0.594. The number of ether oxygens (including phenoxy) is 2. The van der Waals surface area contributed by atoms with Gasteiger partial charge in [0.15, 0.2) is 0 Å². The lowest BCUT2D eigenvalue weighted by Gasteiger charge is -2.38. The number of aliphatic hydroxyl groups is 1. The number of halogens is 3. The summed E-state index contributed by atoms with van der Waals surface area (Å²) >= 11 is 5.77. The molecule has 2 fully saturated rings. The van der Waals surface area contributed by atoms with E-state index in [0.717, 1.165) is 31.7 Å². The van der Waals surface area contributed by atoms with Gasteiger partial charge < -0.3 is 24.8 Å². The molecule has 2 heterocycles. The summed E-state index contributed by atoms with van der Waals surface area (Å²) in [6.07, 6.45) is 2.96. The van der Waals surface area contributed by atoms with Gasteiger partial charge in [-0.05, 0) is 75.2 Å². The predicted molar refractivity (Wildman–Crippen MR) is 127 cm³/mol. The zero-order valence-electron chi connectivity index (χ0n) is 18.3. The average molecular weight is 499 g/mol. The summed E-state index contributed by atoms with van der Waals surface area (Å²) in [6.45, 7) is 2.84. The van der Waals surface area contributed by atoms with Crippen molar-refractivity contribution in [2.75, 3.05) is 32.8 Å². The molecule has 2 saturated heterocycles. The highest BCUT2D eigenvalue weighted by Crippen LogP contribution is 2.27. The molecule has 2 aliphatic heterocycles. The molecule has 4 rings (SSSR count). The largest absolute Gasteiger partial charge is 0.491 e. The molecule has 0 radical (unpaired) electrons. The summed E-state index contributed by atoms with van der Waals surface area (Å²) in [6, 6.07) is 11.4. The van der Waals surface area contributed by atoms with E-state index in [2.05, 4.69) is 5.32 Å². The van der Waals surface area contributed by atoms with Crippen LogP contribution in [0.1, 0.15) is 36.0 Å². The minimum atomic E-state index is -1.05. The molecule has 2 N–H and O–H groups in total. The van der Waals surface area contributed by atoms with Gasteiger partial charge in [0, 0.05) is 24.7 Å². The van der Waals surface area contributed by atoms with Crippen LogP contribution in [-0.4, -0.2) is 60.4 Å². The van der Waals surface area contributed by atoms with Crippen molar-refractivity contribution in [2.45, 2.75) is 37.4 Å². The number of benzene rings is 2. The minimum Gasteiger partial charge on any atom is -0.491 e. The Bertz CT molecular complexity index is 931. The summed E-state index contributed by atoms with van der Waals surface area (Å²) in [5, 5.41) is 14.1. The Morgan fingerprint density at radius 3 is 2.39 bits per heavy atom. The molecule has 33 heavy (non-hydrogen) atoms. The van der Waals surface area contributed by atoms with Crippen LogP contribution in [0.25, 0.3) is 0 Å². The third-order valence-corrected chi connectivity index (χ3v) is 6.36. The molecule has 0 saturated carbocycles. The van der Waals surface area contributed by atoms with Crippen LogP contribution in [0.3, 0.4) is 0 Å². The Labute approximate surface area is 204 Å². The van der Waals surface area contributed by atoms with Gasteiger partial charge in [-0.2, -0.15) is 0 Å². The molecule has 6 nitrogen and oxygen atoms in total. The highest BCUT2D eigenvalue weighted by atomic mass is 35.5. The van der Waals surface area contributed by atoms with Crippen molar-refractivity contribution in [1.82, 2.24) is 10.2 Å². The van der Waals surface area contributed by atoms with E-state index in [4.69, 9.17) is 21.1 Å². The first-order valence-electron chi connectivity index (χ1n) is 11.0. The number of nitrogens with one attached hydrogen (secondary N) is 1. The van der Waals surface area contributed by atoms with E-state index in [1.807, 2.05) is 12.1 Å². The number of carbonyl (C=O) groups is 1. The number of hydrogen-bond donors (Lipinski definition) is 2. The lowest BCUT2D eigenvalue weighted by Crippen LogP contribution is -2.49. The van der Waals surface area contributed by atoms with Crippen LogP contribution in [0.4, 0.5) is 4.39 Å². The number of amides is 1. The van der Waals surface area contributed by atoms with E-state index in [1.165, 1.54) is 18.2 Å². The van der Waals surface area contributed by atoms with Crippen molar-refractivity contribution in [3.05, 3.63) is 58.9 Å². The van der Waals surface area contributed by atoms with Gasteiger partial charge in [-0.3, -0.25) is 4.79 Å². The molecular formula is C24H29Cl2FN2O4. The average Bonchev–Trinajstić information content (AvgIpc) is 2.81. The van der Waals surface area contributed by atoms with Crippen molar-refractivity contribution in [3.63, 3.8) is 0 Å². The topological polar surface area (TPSA) is 71.0 Å². The zero-order valence-corrected chi connectivity index (χ0v) is 19.8. The van der Waals surface area contributed by atoms with Gasteiger partial charge in [0.05, 0.1) is 5.02 Å². The molecule has 1 amide bonds. The lowest BCUT2D eigenvalue weighted by molar-refractivity contribution is -0.0475. The Morgan fingerprint density at radius 1 is 1.12 bits per heavy atom. The molecule has 0 atom stereocenters. The second-order valence-electron chi connectivity index (χ2n) is 8.47. The number of likely N-dealkylation sites (tertiary alicyclic amines) is 1. The quantitative estimate of drug-likeness (QED) is 0.627. The third kappa shape index (κ3) is 6.73. The van der Waals surface area contributed by atoms with Crippen molar-refractivity contribution >= 4 is 29.9 Å². The first kappa shape index (κ1) is 25.6. The van der Waals surface area contributed by atoms with E-state index >= 15 is 0 Å². The first-order valence-corrected chi connectivity index (χ1v) is 11.4. The van der Waals surface area contributed by atoms with Crippen molar-refractivity contribution in [3.8, 4) is 11.5 Å². The fourth-order valence-electron chi connectivity index (χ4n) is 4.02. The maximum absolute atomic E-state index is 13.3. The van der Waals surface area contributed by atoms with Crippen LogP contribution < -0.4 is 14.8 Å². The molecule has 180 valence electrons. The second kappa shape index (κ2) is 11.4. The number of hydrogen-bond acceptors (Lipinski definition) is 5. The van der Waals surface area contributed by atoms with Gasteiger partial charge in [-0.25, -0.2) is 4.39 Å². The number of nitrogens with zero attached hydrogens (tertiary/aromatic N) is 1. The molecule has 0 bridgehead atoms. The Balaban J connectivity index is 0.00000306. The normalized spacial score (nSPS) is 18.3. The maximum atomic E-state index is 13.3. The Hall–Kier alpha value is -2.06. The Kier molecular flexibility index (Phi) is 8.82. The van der Waals surface area contributed by atoms with Gasteiger partial charge in [0.1, 0.15) is 35.6 Å². The molecular weight excluding hydrogens is 470 g/mol. The smallest absolute Gasteiger partial charge is 0.253 e. The zero-order chi connectivity index (χ0) is 22.6. The molecule has 0 unspecified atom stereocenters. The maximum Gasteiger partial charge on any atom is 0.253 e. The van der Waals surface area contributed by atoms with Gasteiger partial charge in [0.2, 0.25) is 0 Å². The summed E-state index contributed by atoms with van der Waals surface area (Å²) in [7, 11) is 0. The second-order valence-corrected chi connectivity index (χ2v) is 8.88. The number of carbonyl (C=O) groups excluding carboxylic acids is 1.